The Morgan fingerprint density at radius 3 is 1.73 bits per heavy atom. The van der Waals surface area contributed by atoms with Crippen LogP contribution < -0.4 is 4.74 Å². The molecule has 2 heterocycles. The van der Waals surface area contributed by atoms with Crippen molar-refractivity contribution in [2.24, 2.45) is 47.3 Å². The van der Waals surface area contributed by atoms with Gasteiger partial charge in [-0.15, -0.1) is 23.5 Å². The number of esters is 1. The van der Waals surface area contributed by atoms with Crippen molar-refractivity contribution in [1.29, 1.82) is 0 Å². The van der Waals surface area contributed by atoms with Crippen LogP contribution in [0, 0.1) is 47.3 Å². The van der Waals surface area contributed by atoms with E-state index in [2.05, 4.69) is 232 Å². The first-order chi connectivity index (χ1) is 47.1. The van der Waals surface area contributed by atoms with Gasteiger partial charge < -0.3 is 61.3 Å². The Kier molecular flexibility index (Phi) is 39.9. The summed E-state index contributed by atoms with van der Waals surface area (Å²) in [5.74, 6) is 0.494. The Morgan fingerprint density at radius 2 is 1.25 bits per heavy atom. The third-order valence-corrected chi connectivity index (χ3v) is 39.9. The van der Waals surface area contributed by atoms with Gasteiger partial charge in [0.05, 0.1) is 67.1 Å². The summed E-state index contributed by atoms with van der Waals surface area (Å²) < 4.78 is 82.6. The fourth-order valence-electron chi connectivity index (χ4n) is 14.7. The van der Waals surface area contributed by atoms with Crippen molar-refractivity contribution in [3.63, 3.8) is 0 Å². The summed E-state index contributed by atoms with van der Waals surface area (Å²) in [5, 5.41) is 11.2. The van der Waals surface area contributed by atoms with Gasteiger partial charge in [0.1, 0.15) is 25.4 Å². The number of thioether (sulfide) groups is 2. The number of carbonyl (C=O) groups excluding carboxylic acids is 1. The van der Waals surface area contributed by atoms with Gasteiger partial charge in [-0.1, -0.05) is 200 Å². The molecule has 0 bridgehead atoms. The molecule has 0 spiro atoms. The number of methoxy groups -OCH3 is 2. The van der Waals surface area contributed by atoms with E-state index < -0.39 is 87.1 Å². The lowest BCUT2D eigenvalue weighted by atomic mass is 9.79. The lowest BCUT2D eigenvalue weighted by molar-refractivity contribution is -0.317. The fraction of sp³-hybridized carbons (Fsp3) is 0.841. The van der Waals surface area contributed by atoms with E-state index in [0.29, 0.717) is 26.2 Å². The smallest absolute Gasteiger partial charge is 0.338 e. The number of allylic oxidation sites excluding steroid dienone is 4. The molecule has 2 saturated heterocycles. The summed E-state index contributed by atoms with van der Waals surface area (Å²) >= 11 is 4.20. The minimum atomic E-state index is -2.69. The maximum Gasteiger partial charge on any atom is 0.338 e. The van der Waals surface area contributed by atoms with E-state index in [-0.39, 0.29) is 106 Å². The molecule has 594 valence electrons. The molecule has 1 aromatic carbocycles. The minimum Gasteiger partial charge on any atom is -0.497 e. The number of aliphatic hydroxyl groups excluding tert-OH is 1. The van der Waals surface area contributed by atoms with Crippen LogP contribution in [0.5, 0.6) is 5.75 Å². The Hall–Kier alpha value is -1.16. The summed E-state index contributed by atoms with van der Waals surface area (Å²) in [6, 6.07) is 10.0. The van der Waals surface area contributed by atoms with E-state index in [0.717, 1.165) is 58.9 Å². The number of carbonyl (C=O) groups is 1. The maximum absolute atomic E-state index is 15.2. The van der Waals surface area contributed by atoms with Gasteiger partial charge >= 0.3 is 5.97 Å². The van der Waals surface area contributed by atoms with E-state index in [4.69, 9.17) is 56.2 Å². The predicted octanol–water partition coefficient (Wildman–Crippen LogP) is 21.3. The summed E-state index contributed by atoms with van der Waals surface area (Å²) in [6.07, 6.45) is 6.27. The molecule has 2 aliphatic heterocycles. The van der Waals surface area contributed by atoms with E-state index in [9.17, 15) is 5.11 Å². The molecule has 2 unspecified atom stereocenters. The van der Waals surface area contributed by atoms with E-state index in [1.165, 1.54) is 0 Å². The van der Waals surface area contributed by atoms with E-state index >= 15 is 4.79 Å². The van der Waals surface area contributed by atoms with Crippen molar-refractivity contribution < 1.29 is 66.1 Å². The highest BCUT2D eigenvalue weighted by Gasteiger charge is 2.54. The highest BCUT2D eigenvalue weighted by Crippen LogP contribution is 2.55. The van der Waals surface area contributed by atoms with Crippen LogP contribution in [-0.4, -0.2) is 168 Å². The molecule has 14 nitrogen and oxygen atoms in total. The Morgan fingerprint density at radius 1 is 0.696 bits per heavy atom. The molecule has 0 saturated carbocycles. The molecule has 1 aromatic rings. The van der Waals surface area contributed by atoms with Gasteiger partial charge in [0.2, 0.25) is 8.32 Å². The first-order valence-electron chi connectivity index (χ1n) is 39.1. The molecular weight excluding hydrogens is 1390 g/mol. The third kappa shape index (κ3) is 29.3. The quantitative estimate of drug-likeness (QED) is 0.0217. The summed E-state index contributed by atoms with van der Waals surface area (Å²) in [5.41, 5.74) is 4.08. The predicted molar refractivity (Wildman–Crippen MR) is 442 cm³/mol. The molecule has 102 heavy (non-hydrogen) atoms. The van der Waals surface area contributed by atoms with Gasteiger partial charge in [0, 0.05) is 66.6 Å². The molecule has 2 fully saturated rings. The Balaban J connectivity index is 2.48. The maximum atomic E-state index is 15.2. The van der Waals surface area contributed by atoms with Crippen LogP contribution in [0.15, 0.2) is 59.7 Å². The summed E-state index contributed by atoms with van der Waals surface area (Å²) in [7, 11) is -4.64. The average molecular weight is 1540 g/mol. The first-order valence-corrected chi connectivity index (χ1v) is 53.6. The van der Waals surface area contributed by atoms with Gasteiger partial charge in [0.15, 0.2) is 20.2 Å². The van der Waals surface area contributed by atoms with Crippen LogP contribution >= 0.6 is 23.5 Å². The molecule has 2 aliphatic rings. The van der Waals surface area contributed by atoms with Crippen LogP contribution in [0.3, 0.4) is 0 Å². The van der Waals surface area contributed by atoms with E-state index in [1.54, 1.807) is 14.2 Å². The van der Waals surface area contributed by atoms with Gasteiger partial charge in [-0.2, -0.15) is 0 Å². The number of ether oxygens (including phenoxy) is 10. The zero-order chi connectivity index (χ0) is 77.7. The van der Waals surface area contributed by atoms with Crippen LogP contribution in [0.2, 0.25) is 86.1 Å². The highest BCUT2D eigenvalue weighted by molar-refractivity contribution is 8.18. The molecule has 15 atom stereocenters. The van der Waals surface area contributed by atoms with Crippen LogP contribution in [-0.2, 0) is 62.9 Å². The first kappa shape index (κ1) is 95.0. The zero-order valence-corrected chi connectivity index (χ0v) is 76.6. The molecule has 0 aliphatic carbocycles. The SMILES string of the molecule is C/C=C\[C@H](C)/C=C(\C)[C@@H](OCOCC[Si](C)(C)C)[C@H]1COC(C)(C)O[C@H]1[C@H](C)[C@H](CC1([C@@H](C)/C=C(\C)[C@H](O[Si](C(C)C)(C(C)C)C(C)C)[C@@H](C)[C@H](OCc2ccc(OC)cc2)[C@@H](C)[C@H](OC)[C@@H](OCOCC[Si](C)(C)C)C(=O)OC(CC(O)C(C)C)C(C)C)SCCCS1)O[Si](C)(C)C(C)(C)C. The highest BCUT2D eigenvalue weighted by atomic mass is 32.2. The van der Waals surface area contributed by atoms with Crippen molar-refractivity contribution >= 4 is 62.3 Å². The fourth-order valence-corrected chi connectivity index (χ4v) is 26.8. The van der Waals surface area contributed by atoms with Gasteiger partial charge in [-0.25, -0.2) is 4.79 Å². The second-order valence-electron chi connectivity index (χ2n) is 36.3. The minimum absolute atomic E-state index is 0.0246. The molecule has 0 amide bonds. The lowest BCUT2D eigenvalue weighted by Crippen LogP contribution is -2.57. The van der Waals surface area contributed by atoms with Crippen molar-refractivity contribution in [2.75, 3.05) is 59.1 Å². The number of aliphatic hydroxyl groups is 1. The Bertz CT molecular complexity index is 2620. The van der Waals surface area contributed by atoms with Crippen molar-refractivity contribution in [3.05, 3.63) is 65.3 Å². The number of benzene rings is 1. The zero-order valence-electron chi connectivity index (χ0n) is 70.9. The molecule has 1 N–H and O–H groups in total. The van der Waals surface area contributed by atoms with Crippen LogP contribution in [0.4, 0.5) is 0 Å². The summed E-state index contributed by atoms with van der Waals surface area (Å²) in [4.78, 5) is 15.2. The van der Waals surface area contributed by atoms with Crippen molar-refractivity contribution in [2.45, 2.75) is 336 Å². The van der Waals surface area contributed by atoms with Crippen LogP contribution in [0.1, 0.15) is 184 Å². The number of hydrogen-bond donors (Lipinski definition) is 1. The molecule has 20 heteroatoms. The number of hydrogen-bond acceptors (Lipinski definition) is 16. The monoisotopic (exact) mass is 1540 g/mol. The second kappa shape index (κ2) is 42.9. The topological polar surface area (TPSA) is 148 Å². The van der Waals surface area contributed by atoms with Gasteiger partial charge in [-0.05, 0) is 158 Å². The third-order valence-electron chi connectivity index (χ3n) is 22.2. The summed E-state index contributed by atoms with van der Waals surface area (Å²) in [6.45, 7) is 72.3. The largest absolute Gasteiger partial charge is 0.497 e. The van der Waals surface area contributed by atoms with Crippen LogP contribution in [0.25, 0.3) is 0 Å². The molecule has 3 rings (SSSR count). The Labute approximate surface area is 637 Å². The lowest BCUT2D eigenvalue weighted by Gasteiger charge is -2.51. The van der Waals surface area contributed by atoms with Crippen molar-refractivity contribution in [3.8, 4) is 5.75 Å². The van der Waals surface area contributed by atoms with Crippen molar-refractivity contribution in [1.82, 2.24) is 0 Å². The van der Waals surface area contributed by atoms with Gasteiger partial charge in [-0.3, -0.25) is 0 Å². The van der Waals surface area contributed by atoms with E-state index in [1.807, 2.05) is 52.0 Å². The second-order valence-corrected chi connectivity index (χ2v) is 60.8. The molecular formula is C82H154O14S2Si4. The average Bonchev–Trinajstić information content (AvgIpc) is 0.772. The normalized spacial score (nSPS) is 21.8. The van der Waals surface area contributed by atoms with Gasteiger partial charge in [0.25, 0.3) is 0 Å². The molecule has 0 aromatic heterocycles. The standard InChI is InChI=1S/C82H154O14S2Si4/c1-34-36-60(12)47-61(13)74(90-53-87-41-45-99(26,27)28)69-52-92-81(22,23)94-76(69)64(16)72(95-101(32,33)80(19,20)21)50-82(97-43-35-44-98-82)63(15)48-62(14)73(96-102(57(6)7,58(8)9)59(10)11)65(17)75(89-51-67-37-39-68(85-24)40-38-67)66(18)77(86-25)78(91-54-88-42-46-100(29,30)31)79(84)93-71(56(4)5)49-70(83)55(2)3/h34,36-40,47-48,55-60,63-66,69-78,83H,35,41-46,49-54H2,1-33H3/b36-34-,61-47+,62-48+/t60-,63-,64+,65+,66+,69+,70?,71?,72-,73-,74+,75-,76-,77-,78+/m0/s1. The number of rotatable bonds is 46. The molecule has 0 radical (unpaired) electrons.